The topological polar surface area (TPSA) is 63.9 Å². The van der Waals surface area contributed by atoms with Crippen LogP contribution in [0.5, 0.6) is 0 Å². The number of benzene rings is 1. The molecule has 2 atom stereocenters. The Morgan fingerprint density at radius 3 is 2.86 bits per heavy atom. The van der Waals surface area contributed by atoms with E-state index in [2.05, 4.69) is 19.7 Å². The molecule has 0 radical (unpaired) electrons. The number of hydrogen-bond donors (Lipinski definition) is 0. The van der Waals surface area contributed by atoms with Gasteiger partial charge < -0.3 is 9.47 Å². The number of carbonyl (C=O) groups excluding carboxylic acids is 1. The maximum absolute atomic E-state index is 13.5. The highest BCUT2D eigenvalue weighted by molar-refractivity contribution is 5.80. The van der Waals surface area contributed by atoms with Crippen molar-refractivity contribution in [2.24, 2.45) is 0 Å². The quantitative estimate of drug-likeness (QED) is 0.704. The van der Waals surface area contributed by atoms with E-state index in [1.807, 2.05) is 17.0 Å². The van der Waals surface area contributed by atoms with Crippen LogP contribution in [-0.4, -0.2) is 42.6 Å². The van der Waals surface area contributed by atoms with Crippen molar-refractivity contribution in [2.75, 3.05) is 0 Å². The Labute approximate surface area is 162 Å². The fourth-order valence-corrected chi connectivity index (χ4v) is 4.47. The summed E-state index contributed by atoms with van der Waals surface area (Å²) in [4.78, 5) is 19.3. The summed E-state index contributed by atoms with van der Waals surface area (Å²) in [5.41, 5.74) is 1.64. The molecule has 2 bridgehead atoms. The lowest BCUT2D eigenvalue weighted by Gasteiger charge is -2.28. The van der Waals surface area contributed by atoms with Crippen LogP contribution in [0.1, 0.15) is 24.2 Å². The van der Waals surface area contributed by atoms with E-state index in [0.717, 1.165) is 30.1 Å². The third-order valence-corrected chi connectivity index (χ3v) is 5.71. The molecule has 0 saturated carbocycles. The van der Waals surface area contributed by atoms with Gasteiger partial charge in [0.1, 0.15) is 11.6 Å². The van der Waals surface area contributed by atoms with Gasteiger partial charge in [0.05, 0.1) is 12.5 Å². The van der Waals surface area contributed by atoms with Gasteiger partial charge in [-0.3, -0.25) is 9.78 Å². The number of hydrogen-bond acceptors (Lipinski definition) is 4. The van der Waals surface area contributed by atoms with Crippen molar-refractivity contribution in [1.82, 2.24) is 24.6 Å². The Kier molecular flexibility index (Phi) is 4.15. The first kappa shape index (κ1) is 17.0. The monoisotopic (exact) mass is 377 g/mol. The highest BCUT2D eigenvalue weighted by Crippen LogP contribution is 2.33. The Bertz CT molecular complexity index is 1020. The summed E-state index contributed by atoms with van der Waals surface area (Å²) in [7, 11) is 0. The Morgan fingerprint density at radius 2 is 2.04 bits per heavy atom. The predicted octanol–water partition coefficient (Wildman–Crippen LogP) is 2.64. The minimum Gasteiger partial charge on any atom is -0.334 e. The molecule has 2 aromatic heterocycles. The Balaban J connectivity index is 1.42. The molecule has 5 rings (SSSR count). The molecule has 2 unspecified atom stereocenters. The first-order chi connectivity index (χ1) is 13.7. The van der Waals surface area contributed by atoms with Crippen molar-refractivity contribution >= 4 is 5.91 Å². The van der Waals surface area contributed by atoms with Gasteiger partial charge in [0.2, 0.25) is 5.91 Å². The molecule has 1 aromatic carbocycles. The summed E-state index contributed by atoms with van der Waals surface area (Å²) in [6, 6.07) is 10.4. The second-order valence-electron chi connectivity index (χ2n) is 7.49. The fraction of sp³-hybridized carbons (Fsp3) is 0.333. The van der Waals surface area contributed by atoms with Crippen molar-refractivity contribution in [1.29, 1.82) is 0 Å². The van der Waals surface area contributed by atoms with E-state index in [1.165, 1.54) is 12.1 Å². The zero-order chi connectivity index (χ0) is 19.1. The summed E-state index contributed by atoms with van der Waals surface area (Å²) in [5.74, 6) is 1.46. The third-order valence-electron chi connectivity index (χ3n) is 5.71. The van der Waals surface area contributed by atoms with Gasteiger partial charge in [-0.05, 0) is 42.7 Å². The van der Waals surface area contributed by atoms with Crippen molar-refractivity contribution in [3.8, 4) is 11.4 Å². The minimum absolute atomic E-state index is 0.0553. The maximum Gasteiger partial charge on any atom is 0.227 e. The highest BCUT2D eigenvalue weighted by Gasteiger charge is 2.41. The average molecular weight is 377 g/mol. The largest absolute Gasteiger partial charge is 0.334 e. The zero-order valence-corrected chi connectivity index (χ0v) is 15.3. The number of pyridine rings is 1. The van der Waals surface area contributed by atoms with Gasteiger partial charge in [0.25, 0.3) is 0 Å². The molecule has 3 aromatic rings. The fourth-order valence-electron chi connectivity index (χ4n) is 4.47. The molecule has 4 heterocycles. The van der Waals surface area contributed by atoms with Crippen LogP contribution in [0.15, 0.2) is 48.8 Å². The smallest absolute Gasteiger partial charge is 0.227 e. The summed E-state index contributed by atoms with van der Waals surface area (Å²) in [5, 5.41) is 8.78. The predicted molar refractivity (Wildman–Crippen MR) is 101 cm³/mol. The summed E-state index contributed by atoms with van der Waals surface area (Å²) >= 11 is 0. The summed E-state index contributed by atoms with van der Waals surface area (Å²) in [6.07, 6.45) is 6.36. The molecule has 0 N–H and O–H groups in total. The number of rotatable bonds is 3. The van der Waals surface area contributed by atoms with Gasteiger partial charge in [0, 0.05) is 37.0 Å². The van der Waals surface area contributed by atoms with Gasteiger partial charge in [-0.15, -0.1) is 10.2 Å². The molecule has 6 nitrogen and oxygen atoms in total. The third kappa shape index (κ3) is 2.96. The maximum atomic E-state index is 13.5. The van der Waals surface area contributed by atoms with Gasteiger partial charge in [-0.1, -0.05) is 12.1 Å². The molecule has 1 amide bonds. The molecule has 7 heteroatoms. The molecule has 1 saturated heterocycles. The highest BCUT2D eigenvalue weighted by atomic mass is 19.1. The van der Waals surface area contributed by atoms with Gasteiger partial charge in [-0.2, -0.15) is 0 Å². The van der Waals surface area contributed by atoms with Crippen LogP contribution in [0.4, 0.5) is 4.39 Å². The van der Waals surface area contributed by atoms with Crippen LogP contribution < -0.4 is 0 Å². The number of carbonyl (C=O) groups is 1. The van der Waals surface area contributed by atoms with Crippen molar-refractivity contribution in [2.45, 2.75) is 44.3 Å². The number of halogens is 1. The lowest BCUT2D eigenvalue weighted by Crippen LogP contribution is -2.42. The number of aromatic nitrogens is 4. The van der Waals surface area contributed by atoms with E-state index in [1.54, 1.807) is 24.5 Å². The molecule has 0 spiro atoms. The molecular weight excluding hydrogens is 357 g/mol. The standard InChI is InChI=1S/C21H20FN5O/c22-16-5-1-3-14(9-16)10-20(28)27-17-6-7-18(27)13-26-19(11-17)24-25-21(26)15-4-2-8-23-12-15/h1-5,8-9,12,17-18H,6-7,10-11,13H2. The lowest BCUT2D eigenvalue weighted by atomic mass is 10.1. The molecule has 1 fully saturated rings. The van der Waals surface area contributed by atoms with E-state index >= 15 is 0 Å². The first-order valence-electron chi connectivity index (χ1n) is 9.57. The van der Waals surface area contributed by atoms with Crippen molar-refractivity contribution in [3.05, 3.63) is 66.0 Å². The second kappa shape index (κ2) is 6.82. The Morgan fingerprint density at radius 1 is 1.14 bits per heavy atom. The average Bonchev–Trinajstić information content (AvgIpc) is 3.22. The first-order valence-corrected chi connectivity index (χ1v) is 9.57. The molecule has 0 aliphatic carbocycles. The molecule has 142 valence electrons. The lowest BCUT2D eigenvalue weighted by molar-refractivity contribution is -0.133. The summed E-state index contributed by atoms with van der Waals surface area (Å²) in [6.45, 7) is 0.679. The molecule has 2 aliphatic heterocycles. The van der Waals surface area contributed by atoms with Crippen LogP contribution in [0, 0.1) is 5.82 Å². The van der Waals surface area contributed by atoms with Crippen LogP contribution in [0.25, 0.3) is 11.4 Å². The number of amides is 1. The van der Waals surface area contributed by atoms with Gasteiger partial charge >= 0.3 is 0 Å². The Hall–Kier alpha value is -3.09. The minimum atomic E-state index is -0.309. The molecular formula is C21H20FN5O. The van der Waals surface area contributed by atoms with Crippen LogP contribution in [0.3, 0.4) is 0 Å². The van der Waals surface area contributed by atoms with E-state index in [9.17, 15) is 9.18 Å². The van der Waals surface area contributed by atoms with Crippen molar-refractivity contribution < 1.29 is 9.18 Å². The number of nitrogens with zero attached hydrogens (tertiary/aromatic N) is 5. The van der Waals surface area contributed by atoms with E-state index in [0.29, 0.717) is 18.5 Å². The van der Waals surface area contributed by atoms with Crippen molar-refractivity contribution in [3.63, 3.8) is 0 Å². The van der Waals surface area contributed by atoms with E-state index in [4.69, 9.17) is 0 Å². The normalized spacial score (nSPS) is 20.7. The van der Waals surface area contributed by atoms with E-state index < -0.39 is 0 Å². The van der Waals surface area contributed by atoms with Gasteiger partial charge in [-0.25, -0.2) is 4.39 Å². The zero-order valence-electron chi connectivity index (χ0n) is 15.3. The molecule has 28 heavy (non-hydrogen) atoms. The van der Waals surface area contributed by atoms with Crippen LogP contribution >= 0.6 is 0 Å². The molecule has 2 aliphatic rings. The SMILES string of the molecule is O=C(Cc1cccc(F)c1)N1C2CCC1Cn1c(nnc1-c1cccnc1)C2. The number of fused-ring (bicyclic) bond motifs is 3. The second-order valence-corrected chi connectivity index (χ2v) is 7.49. The van der Waals surface area contributed by atoms with Crippen LogP contribution in [-0.2, 0) is 24.2 Å². The van der Waals surface area contributed by atoms with Gasteiger partial charge in [0.15, 0.2) is 5.82 Å². The summed E-state index contributed by atoms with van der Waals surface area (Å²) < 4.78 is 15.6. The van der Waals surface area contributed by atoms with Crippen LogP contribution in [0.2, 0.25) is 0 Å². The van der Waals surface area contributed by atoms with E-state index in [-0.39, 0.29) is 30.2 Å².